The van der Waals surface area contributed by atoms with Crippen LogP contribution in [-0.2, 0) is 6.18 Å². The van der Waals surface area contributed by atoms with Crippen molar-refractivity contribution in [3.63, 3.8) is 0 Å². The van der Waals surface area contributed by atoms with Gasteiger partial charge in [0.25, 0.3) is 0 Å². The Hall–Kier alpha value is -2.29. The molecule has 1 aliphatic rings. The summed E-state index contributed by atoms with van der Waals surface area (Å²) in [5, 5.41) is 3.19. The third-order valence-corrected chi connectivity index (χ3v) is 4.77. The number of carbonyl (C=O) groups excluding carboxylic acids is 1. The van der Waals surface area contributed by atoms with Crippen LogP contribution in [0.5, 0.6) is 0 Å². The first-order chi connectivity index (χ1) is 12.3. The fourth-order valence-electron chi connectivity index (χ4n) is 2.89. The molecule has 1 aliphatic heterocycles. The predicted molar refractivity (Wildman–Crippen MR) is 90.1 cm³/mol. The highest BCUT2D eigenvalue weighted by Gasteiger charge is 2.34. The smallest absolute Gasteiger partial charge is 0.338 e. The number of hydrogen-bond acceptors (Lipinski definition) is 3. The topological polar surface area (TPSA) is 73.9 Å². The minimum Gasteiger partial charge on any atom is -0.338 e. The van der Waals surface area contributed by atoms with Crippen LogP contribution in [-0.4, -0.2) is 39.0 Å². The zero-order valence-electron chi connectivity index (χ0n) is 13.9. The second-order valence-corrected chi connectivity index (χ2v) is 6.60. The van der Waals surface area contributed by atoms with Gasteiger partial charge in [-0.3, -0.25) is 4.98 Å². The van der Waals surface area contributed by atoms with Crippen molar-refractivity contribution in [2.45, 2.75) is 31.9 Å². The normalized spacial score (nSPS) is 18.0. The molecule has 1 atom stereocenters. The maximum absolute atomic E-state index is 12.7. The predicted octanol–water partition coefficient (Wildman–Crippen LogP) is 4.20. The van der Waals surface area contributed by atoms with Gasteiger partial charge in [-0.1, -0.05) is 11.6 Å². The first-order valence-corrected chi connectivity index (χ1v) is 8.41. The van der Waals surface area contributed by atoms with Gasteiger partial charge in [-0.05, 0) is 25.3 Å². The highest BCUT2D eigenvalue weighted by Crippen LogP contribution is 2.31. The standard InChI is InChI=1S/C16H17ClF3N5O/c1-9-11(17)5-21-6-12(9)23-15(26)25-4-2-3-10(8-25)14-22-7-13(24-14)16(18,19)20/h5-7,10H,2-4,8H2,1H3,(H,22,24)(H,23,26). The molecule has 1 unspecified atom stereocenters. The van der Waals surface area contributed by atoms with Gasteiger partial charge in [0.05, 0.1) is 23.1 Å². The lowest BCUT2D eigenvalue weighted by atomic mass is 9.97. The summed E-state index contributed by atoms with van der Waals surface area (Å²) in [7, 11) is 0. The SMILES string of the molecule is Cc1c(Cl)cncc1NC(=O)N1CCCC(c2ncc(C(F)(F)F)[nH]2)C1. The maximum atomic E-state index is 12.7. The number of H-pyrrole nitrogens is 1. The van der Waals surface area contributed by atoms with E-state index < -0.39 is 11.9 Å². The number of nitrogens with one attached hydrogen (secondary N) is 2. The summed E-state index contributed by atoms with van der Waals surface area (Å²) in [6, 6.07) is -0.343. The monoisotopic (exact) mass is 387 g/mol. The minimum atomic E-state index is -4.46. The number of aromatic amines is 1. The molecule has 0 bridgehead atoms. The quantitative estimate of drug-likeness (QED) is 0.811. The maximum Gasteiger partial charge on any atom is 0.432 e. The molecule has 10 heteroatoms. The molecule has 2 aromatic rings. The van der Waals surface area contributed by atoms with Crippen LogP contribution in [0.15, 0.2) is 18.6 Å². The van der Waals surface area contributed by atoms with Gasteiger partial charge >= 0.3 is 12.2 Å². The summed E-state index contributed by atoms with van der Waals surface area (Å²) < 4.78 is 38.2. The Morgan fingerprint density at radius 3 is 2.85 bits per heavy atom. The highest BCUT2D eigenvalue weighted by molar-refractivity contribution is 6.31. The van der Waals surface area contributed by atoms with Crippen molar-refractivity contribution >= 4 is 23.3 Å². The molecule has 1 fully saturated rings. The Balaban J connectivity index is 1.69. The zero-order chi connectivity index (χ0) is 18.9. The molecular formula is C16H17ClF3N5O. The van der Waals surface area contributed by atoms with Gasteiger partial charge in [0.15, 0.2) is 0 Å². The number of imidazole rings is 1. The van der Waals surface area contributed by atoms with Crippen LogP contribution in [0.2, 0.25) is 5.02 Å². The second kappa shape index (κ2) is 7.14. The molecule has 3 heterocycles. The number of urea groups is 1. The average molecular weight is 388 g/mol. The Morgan fingerprint density at radius 2 is 2.15 bits per heavy atom. The van der Waals surface area contributed by atoms with Crippen molar-refractivity contribution in [3.05, 3.63) is 40.7 Å². The summed E-state index contributed by atoms with van der Waals surface area (Å²) >= 11 is 5.99. The molecule has 0 spiro atoms. The van der Waals surface area contributed by atoms with Crippen molar-refractivity contribution in [2.75, 3.05) is 18.4 Å². The van der Waals surface area contributed by atoms with E-state index in [4.69, 9.17) is 11.6 Å². The number of halogens is 4. The van der Waals surface area contributed by atoms with E-state index in [0.29, 0.717) is 35.7 Å². The molecule has 2 aromatic heterocycles. The average Bonchev–Trinajstić information content (AvgIpc) is 3.09. The third-order valence-electron chi connectivity index (χ3n) is 4.39. The van der Waals surface area contributed by atoms with Crippen molar-refractivity contribution in [3.8, 4) is 0 Å². The summed E-state index contributed by atoms with van der Waals surface area (Å²) in [6.45, 7) is 2.56. The van der Waals surface area contributed by atoms with Crippen LogP contribution in [0.25, 0.3) is 0 Å². The number of anilines is 1. The Labute approximate surface area is 152 Å². The van der Waals surface area contributed by atoms with Crippen LogP contribution in [0.3, 0.4) is 0 Å². The summed E-state index contributed by atoms with van der Waals surface area (Å²) in [5.41, 5.74) is 0.320. The number of carbonyl (C=O) groups is 1. The Morgan fingerprint density at radius 1 is 1.38 bits per heavy atom. The van der Waals surface area contributed by atoms with Crippen LogP contribution in [0.4, 0.5) is 23.7 Å². The van der Waals surface area contributed by atoms with Crippen molar-refractivity contribution < 1.29 is 18.0 Å². The van der Waals surface area contributed by atoms with Gasteiger partial charge in [0.2, 0.25) is 0 Å². The van der Waals surface area contributed by atoms with Crippen LogP contribution in [0.1, 0.15) is 35.8 Å². The van der Waals surface area contributed by atoms with E-state index in [0.717, 1.165) is 6.20 Å². The van der Waals surface area contributed by atoms with Crippen LogP contribution >= 0.6 is 11.6 Å². The van der Waals surface area contributed by atoms with E-state index in [1.54, 1.807) is 11.8 Å². The Bertz CT molecular complexity index is 807. The minimum absolute atomic E-state index is 0.246. The number of pyridine rings is 1. The van der Waals surface area contributed by atoms with Crippen molar-refractivity contribution in [1.29, 1.82) is 0 Å². The number of amides is 2. The fraction of sp³-hybridized carbons (Fsp3) is 0.438. The van der Waals surface area contributed by atoms with E-state index in [1.807, 2.05) is 0 Å². The largest absolute Gasteiger partial charge is 0.432 e. The number of piperidine rings is 1. The van der Waals surface area contributed by atoms with Gasteiger partial charge in [0, 0.05) is 25.2 Å². The number of alkyl halides is 3. The molecule has 0 aromatic carbocycles. The van der Waals surface area contributed by atoms with Crippen LogP contribution < -0.4 is 5.32 Å². The van der Waals surface area contributed by atoms with Crippen molar-refractivity contribution in [2.24, 2.45) is 0 Å². The summed E-state index contributed by atoms with van der Waals surface area (Å²) in [5.74, 6) is -0.0281. The van der Waals surface area contributed by atoms with E-state index in [-0.39, 0.29) is 24.3 Å². The molecule has 0 saturated carbocycles. The molecule has 3 rings (SSSR count). The molecule has 2 N–H and O–H groups in total. The number of aromatic nitrogens is 3. The number of nitrogens with zero attached hydrogens (tertiary/aromatic N) is 3. The molecular weight excluding hydrogens is 371 g/mol. The lowest BCUT2D eigenvalue weighted by Gasteiger charge is -2.32. The molecule has 140 valence electrons. The lowest BCUT2D eigenvalue weighted by Crippen LogP contribution is -2.42. The molecule has 0 aliphatic carbocycles. The highest BCUT2D eigenvalue weighted by atomic mass is 35.5. The fourth-order valence-corrected chi connectivity index (χ4v) is 3.05. The molecule has 1 saturated heterocycles. The lowest BCUT2D eigenvalue weighted by molar-refractivity contribution is -0.141. The van der Waals surface area contributed by atoms with E-state index in [1.165, 1.54) is 12.4 Å². The summed E-state index contributed by atoms with van der Waals surface area (Å²) in [6.07, 6.45) is 0.643. The van der Waals surface area contributed by atoms with Gasteiger partial charge in [-0.15, -0.1) is 0 Å². The van der Waals surface area contributed by atoms with Gasteiger partial charge in [-0.2, -0.15) is 13.2 Å². The van der Waals surface area contributed by atoms with Crippen LogP contribution in [0, 0.1) is 6.92 Å². The molecule has 2 amide bonds. The van der Waals surface area contributed by atoms with Crippen molar-refractivity contribution in [1.82, 2.24) is 19.9 Å². The van der Waals surface area contributed by atoms with E-state index >= 15 is 0 Å². The third kappa shape index (κ3) is 3.92. The Kier molecular flexibility index (Phi) is 5.08. The summed E-state index contributed by atoms with van der Waals surface area (Å²) in [4.78, 5) is 24.2. The number of likely N-dealkylation sites (tertiary alicyclic amines) is 1. The molecule has 0 radical (unpaired) electrons. The first-order valence-electron chi connectivity index (χ1n) is 8.04. The molecule has 26 heavy (non-hydrogen) atoms. The number of rotatable bonds is 2. The molecule has 6 nitrogen and oxygen atoms in total. The van der Waals surface area contributed by atoms with E-state index in [2.05, 4.69) is 20.3 Å². The van der Waals surface area contributed by atoms with Gasteiger partial charge in [-0.25, -0.2) is 9.78 Å². The zero-order valence-corrected chi connectivity index (χ0v) is 14.7. The number of hydrogen-bond donors (Lipinski definition) is 2. The second-order valence-electron chi connectivity index (χ2n) is 6.19. The van der Waals surface area contributed by atoms with E-state index in [9.17, 15) is 18.0 Å². The van der Waals surface area contributed by atoms with Gasteiger partial charge in [0.1, 0.15) is 11.5 Å². The first kappa shape index (κ1) is 18.5. The van der Waals surface area contributed by atoms with Gasteiger partial charge < -0.3 is 15.2 Å².